The maximum Gasteiger partial charge on any atom is 0.166 e. The number of nitrogens with one attached hydrogen (secondary N) is 1. The van der Waals surface area contributed by atoms with Gasteiger partial charge < -0.3 is 15.8 Å². The van der Waals surface area contributed by atoms with Crippen molar-refractivity contribution in [2.45, 2.75) is 53.1 Å². The Labute approximate surface area is 111 Å². The highest BCUT2D eigenvalue weighted by atomic mass is 16.5. The summed E-state index contributed by atoms with van der Waals surface area (Å²) in [6.07, 6.45) is 2.27. The lowest BCUT2D eigenvalue weighted by Gasteiger charge is -2.28. The molecule has 0 fully saturated rings. The summed E-state index contributed by atoms with van der Waals surface area (Å²) in [5, 5.41) is 3.39. The van der Waals surface area contributed by atoms with E-state index >= 15 is 0 Å². The van der Waals surface area contributed by atoms with Crippen LogP contribution >= 0.6 is 0 Å². The predicted octanol–water partition coefficient (Wildman–Crippen LogP) is 3.83. The van der Waals surface area contributed by atoms with E-state index in [0.717, 1.165) is 24.4 Å². The maximum absolute atomic E-state index is 5.99. The van der Waals surface area contributed by atoms with E-state index in [1.807, 2.05) is 40.7 Å². The average molecular weight is 250 g/mol. The molecular weight excluding hydrogens is 224 g/mol. The lowest BCUT2D eigenvalue weighted by Crippen LogP contribution is -2.25. The molecule has 1 heterocycles. The zero-order chi connectivity index (χ0) is 13.8. The van der Waals surface area contributed by atoms with Crippen molar-refractivity contribution in [3.8, 4) is 5.75 Å². The lowest BCUT2D eigenvalue weighted by molar-refractivity contribution is 0.132. The van der Waals surface area contributed by atoms with Gasteiger partial charge in [0, 0.05) is 6.54 Å². The van der Waals surface area contributed by atoms with Gasteiger partial charge in [-0.05, 0) is 45.2 Å². The topological polar surface area (TPSA) is 47.3 Å². The lowest BCUT2D eigenvalue weighted by atomic mass is 10.0. The molecular formula is C15H26N2O. The van der Waals surface area contributed by atoms with Crippen LogP contribution < -0.4 is 15.8 Å². The van der Waals surface area contributed by atoms with Gasteiger partial charge in [0.25, 0.3) is 0 Å². The monoisotopic (exact) mass is 250 g/mol. The fraction of sp³-hybridized carbons (Fsp3) is 0.600. The maximum atomic E-state index is 5.99. The number of aryl methyl sites for hydroxylation is 1. The molecule has 0 saturated carbocycles. The number of nitrogen functional groups attached to an aromatic ring is 1. The summed E-state index contributed by atoms with van der Waals surface area (Å²) < 4.78 is 5.94. The van der Waals surface area contributed by atoms with Crippen LogP contribution in [0, 0.1) is 0 Å². The van der Waals surface area contributed by atoms with Gasteiger partial charge in [0.05, 0.1) is 11.4 Å². The van der Waals surface area contributed by atoms with Gasteiger partial charge in [-0.1, -0.05) is 19.9 Å². The Morgan fingerprint density at radius 3 is 2.50 bits per heavy atom. The largest absolute Gasteiger partial charge is 0.484 e. The standard InChI is InChI=1S/C13H20N2O.C2H6/c1-13(2,3)16-12-10(14)7-6-9-5-4-8-15-11(9)12;1-2/h6-7,15H,4-5,8,14H2,1-3H3;1-2H3. The third kappa shape index (κ3) is 3.56. The second-order valence-corrected chi connectivity index (χ2v) is 5.26. The average Bonchev–Trinajstić information content (AvgIpc) is 2.34. The summed E-state index contributed by atoms with van der Waals surface area (Å²) in [5.74, 6) is 0.810. The van der Waals surface area contributed by atoms with Gasteiger partial charge in [-0.3, -0.25) is 0 Å². The first kappa shape index (κ1) is 14.7. The molecule has 0 amide bonds. The van der Waals surface area contributed by atoms with Crippen molar-refractivity contribution in [1.29, 1.82) is 0 Å². The smallest absolute Gasteiger partial charge is 0.166 e. The minimum Gasteiger partial charge on any atom is -0.484 e. The van der Waals surface area contributed by atoms with Gasteiger partial charge in [0.1, 0.15) is 5.60 Å². The molecule has 0 spiro atoms. The van der Waals surface area contributed by atoms with Crippen molar-refractivity contribution in [3.05, 3.63) is 17.7 Å². The number of rotatable bonds is 1. The summed E-state index contributed by atoms with van der Waals surface area (Å²) in [6.45, 7) is 11.1. The molecule has 0 bridgehead atoms. The summed E-state index contributed by atoms with van der Waals surface area (Å²) in [7, 11) is 0. The molecule has 1 aromatic rings. The summed E-state index contributed by atoms with van der Waals surface area (Å²) in [5.41, 5.74) is 8.87. The van der Waals surface area contributed by atoms with Crippen molar-refractivity contribution in [1.82, 2.24) is 0 Å². The number of fused-ring (bicyclic) bond motifs is 1. The zero-order valence-electron chi connectivity index (χ0n) is 12.3. The normalized spacial score (nSPS) is 13.8. The Bertz CT molecular complexity index is 394. The molecule has 0 atom stereocenters. The highest BCUT2D eigenvalue weighted by Crippen LogP contribution is 2.39. The van der Waals surface area contributed by atoms with E-state index < -0.39 is 0 Å². The fourth-order valence-corrected chi connectivity index (χ4v) is 1.95. The van der Waals surface area contributed by atoms with Crippen molar-refractivity contribution < 1.29 is 4.74 Å². The van der Waals surface area contributed by atoms with Crippen LogP contribution in [0.15, 0.2) is 12.1 Å². The Balaban J connectivity index is 0.000000771. The molecule has 3 nitrogen and oxygen atoms in total. The van der Waals surface area contributed by atoms with Gasteiger partial charge in [0.2, 0.25) is 0 Å². The minimum atomic E-state index is -0.220. The third-order valence-electron chi connectivity index (χ3n) is 2.61. The molecule has 3 heteroatoms. The molecule has 2 rings (SSSR count). The Morgan fingerprint density at radius 1 is 1.22 bits per heavy atom. The first-order chi connectivity index (χ1) is 8.47. The van der Waals surface area contributed by atoms with Crippen molar-refractivity contribution in [3.63, 3.8) is 0 Å². The van der Waals surface area contributed by atoms with Crippen LogP contribution in [0.1, 0.15) is 46.6 Å². The molecule has 1 aliphatic rings. The molecule has 102 valence electrons. The van der Waals surface area contributed by atoms with Crippen molar-refractivity contribution >= 4 is 11.4 Å². The number of ether oxygens (including phenoxy) is 1. The van der Waals surface area contributed by atoms with Crippen LogP contribution in [0.3, 0.4) is 0 Å². The Kier molecular flexibility index (Phi) is 4.88. The molecule has 0 aliphatic carbocycles. The Morgan fingerprint density at radius 2 is 1.89 bits per heavy atom. The van der Waals surface area contributed by atoms with Gasteiger partial charge in [-0.2, -0.15) is 0 Å². The van der Waals surface area contributed by atoms with Gasteiger partial charge in [0.15, 0.2) is 5.75 Å². The van der Waals surface area contributed by atoms with Crippen LogP contribution in [-0.2, 0) is 6.42 Å². The van der Waals surface area contributed by atoms with Crippen LogP contribution in [-0.4, -0.2) is 12.1 Å². The van der Waals surface area contributed by atoms with Gasteiger partial charge in [-0.25, -0.2) is 0 Å². The molecule has 18 heavy (non-hydrogen) atoms. The first-order valence-electron chi connectivity index (χ1n) is 6.81. The van der Waals surface area contributed by atoms with E-state index in [1.165, 1.54) is 12.0 Å². The SMILES string of the molecule is CC.CC(C)(C)Oc1c(N)ccc2c1NCCC2. The zero-order valence-corrected chi connectivity index (χ0v) is 12.3. The van der Waals surface area contributed by atoms with E-state index in [-0.39, 0.29) is 5.60 Å². The molecule has 1 aliphatic heterocycles. The second-order valence-electron chi connectivity index (χ2n) is 5.26. The van der Waals surface area contributed by atoms with Crippen LogP contribution in [0.5, 0.6) is 5.75 Å². The third-order valence-corrected chi connectivity index (χ3v) is 2.61. The number of anilines is 2. The molecule has 0 saturated heterocycles. The molecule has 1 aromatic carbocycles. The highest BCUT2D eigenvalue weighted by molar-refractivity contribution is 5.73. The van der Waals surface area contributed by atoms with Gasteiger partial charge >= 0.3 is 0 Å². The van der Waals surface area contributed by atoms with E-state index in [0.29, 0.717) is 5.69 Å². The van der Waals surface area contributed by atoms with E-state index in [2.05, 4.69) is 11.4 Å². The quantitative estimate of drug-likeness (QED) is 0.745. The first-order valence-corrected chi connectivity index (χ1v) is 6.81. The molecule has 3 N–H and O–H groups in total. The number of hydrogen-bond donors (Lipinski definition) is 2. The van der Waals surface area contributed by atoms with E-state index in [4.69, 9.17) is 10.5 Å². The Hall–Kier alpha value is -1.38. The second kappa shape index (κ2) is 5.98. The van der Waals surface area contributed by atoms with E-state index in [1.54, 1.807) is 0 Å². The molecule has 0 unspecified atom stereocenters. The predicted molar refractivity (Wildman–Crippen MR) is 79.4 cm³/mol. The summed E-state index contributed by atoms with van der Waals surface area (Å²) >= 11 is 0. The van der Waals surface area contributed by atoms with Crippen LogP contribution in [0.4, 0.5) is 11.4 Å². The fourth-order valence-electron chi connectivity index (χ4n) is 1.95. The molecule has 0 radical (unpaired) electrons. The number of hydrogen-bond acceptors (Lipinski definition) is 3. The van der Waals surface area contributed by atoms with E-state index in [9.17, 15) is 0 Å². The number of nitrogens with two attached hydrogens (primary N) is 1. The highest BCUT2D eigenvalue weighted by Gasteiger charge is 2.21. The molecule has 0 aromatic heterocycles. The summed E-state index contributed by atoms with van der Waals surface area (Å²) in [4.78, 5) is 0. The van der Waals surface area contributed by atoms with Crippen LogP contribution in [0.2, 0.25) is 0 Å². The summed E-state index contributed by atoms with van der Waals surface area (Å²) in [6, 6.07) is 4.03. The minimum absolute atomic E-state index is 0.220. The number of benzene rings is 1. The van der Waals surface area contributed by atoms with Crippen molar-refractivity contribution in [2.24, 2.45) is 0 Å². The van der Waals surface area contributed by atoms with Crippen molar-refractivity contribution in [2.75, 3.05) is 17.6 Å². The van der Waals surface area contributed by atoms with Gasteiger partial charge in [-0.15, -0.1) is 0 Å². The van der Waals surface area contributed by atoms with Crippen LogP contribution in [0.25, 0.3) is 0 Å².